The van der Waals surface area contributed by atoms with Gasteiger partial charge in [-0.3, -0.25) is 4.79 Å². The van der Waals surface area contributed by atoms with Crippen molar-refractivity contribution >= 4 is 5.91 Å². The average Bonchev–Trinajstić information content (AvgIpc) is 3.01. The van der Waals surface area contributed by atoms with E-state index in [1.54, 1.807) is 0 Å². The van der Waals surface area contributed by atoms with Crippen LogP contribution < -0.4 is 4.74 Å². The molecule has 26 heavy (non-hydrogen) atoms. The lowest BCUT2D eigenvalue weighted by molar-refractivity contribution is -0.135. The summed E-state index contributed by atoms with van der Waals surface area (Å²) >= 11 is 0. The second-order valence-corrected chi connectivity index (χ2v) is 7.53. The Hall–Kier alpha value is -2.33. The minimum Gasteiger partial charge on any atom is -0.490 e. The molecule has 2 heterocycles. The van der Waals surface area contributed by atoms with Crippen LogP contribution in [-0.4, -0.2) is 48.5 Å². The second kappa shape index (κ2) is 7.12. The quantitative estimate of drug-likeness (QED) is 0.853. The predicted molar refractivity (Wildman–Crippen MR) is 102 cm³/mol. The Morgan fingerprint density at radius 3 is 2.77 bits per heavy atom. The number of likely N-dealkylation sites (N-methyl/N-ethyl adjacent to an activating group) is 1. The Labute approximate surface area is 155 Å². The highest BCUT2D eigenvalue weighted by Crippen LogP contribution is 2.30. The minimum atomic E-state index is 0.125. The number of benzene rings is 2. The van der Waals surface area contributed by atoms with Gasteiger partial charge in [-0.1, -0.05) is 42.5 Å². The van der Waals surface area contributed by atoms with Crippen LogP contribution in [0.4, 0.5) is 0 Å². The minimum absolute atomic E-state index is 0.125. The smallest absolute Gasteiger partial charge is 0.227 e. The Bertz CT molecular complexity index is 790. The molecule has 1 saturated heterocycles. The molecule has 4 rings (SSSR count). The summed E-state index contributed by atoms with van der Waals surface area (Å²) in [6.45, 7) is 4.66. The maximum atomic E-state index is 13.1. The second-order valence-electron chi connectivity index (χ2n) is 7.53. The monoisotopic (exact) mass is 350 g/mol. The van der Waals surface area contributed by atoms with E-state index in [0.717, 1.165) is 37.4 Å². The van der Waals surface area contributed by atoms with Crippen LogP contribution in [0.25, 0.3) is 0 Å². The van der Waals surface area contributed by atoms with E-state index in [0.29, 0.717) is 6.42 Å². The van der Waals surface area contributed by atoms with Crippen molar-refractivity contribution in [3.05, 3.63) is 65.2 Å². The van der Waals surface area contributed by atoms with E-state index < -0.39 is 0 Å². The van der Waals surface area contributed by atoms with E-state index in [2.05, 4.69) is 42.0 Å². The molecule has 2 aromatic rings. The summed E-state index contributed by atoms with van der Waals surface area (Å²) in [5.41, 5.74) is 3.52. The fourth-order valence-corrected chi connectivity index (χ4v) is 4.04. The molecule has 0 saturated carbocycles. The molecule has 0 bridgehead atoms. The molecule has 2 aromatic carbocycles. The molecule has 2 aliphatic heterocycles. The highest BCUT2D eigenvalue weighted by Gasteiger charge is 2.30. The zero-order chi connectivity index (χ0) is 18.1. The molecule has 4 nitrogen and oxygen atoms in total. The van der Waals surface area contributed by atoms with Crippen LogP contribution in [0.2, 0.25) is 0 Å². The zero-order valence-electron chi connectivity index (χ0n) is 15.5. The number of hydrogen-bond acceptors (Lipinski definition) is 3. The molecule has 2 aliphatic rings. The van der Waals surface area contributed by atoms with Crippen LogP contribution in [-0.2, 0) is 17.6 Å². The summed E-state index contributed by atoms with van der Waals surface area (Å²) in [6, 6.07) is 16.7. The van der Waals surface area contributed by atoms with Gasteiger partial charge in [0.2, 0.25) is 5.91 Å². The van der Waals surface area contributed by atoms with Crippen molar-refractivity contribution in [3.63, 3.8) is 0 Å². The Morgan fingerprint density at radius 1 is 1.15 bits per heavy atom. The number of carbonyl (C=O) groups excluding carboxylic acids is 1. The first-order valence-electron chi connectivity index (χ1n) is 9.41. The van der Waals surface area contributed by atoms with Crippen molar-refractivity contribution in [2.75, 3.05) is 26.7 Å². The van der Waals surface area contributed by atoms with Gasteiger partial charge < -0.3 is 14.5 Å². The molecule has 0 unspecified atom stereocenters. The lowest BCUT2D eigenvalue weighted by atomic mass is 10.0. The first kappa shape index (κ1) is 17.1. The number of rotatable bonds is 3. The first-order chi connectivity index (χ1) is 12.6. The maximum Gasteiger partial charge on any atom is 0.227 e. The van der Waals surface area contributed by atoms with Gasteiger partial charge in [0.1, 0.15) is 11.9 Å². The molecule has 1 amide bonds. The van der Waals surface area contributed by atoms with Gasteiger partial charge in [-0.05, 0) is 36.7 Å². The zero-order valence-corrected chi connectivity index (χ0v) is 15.5. The predicted octanol–water partition coefficient (Wildman–Crippen LogP) is 3.07. The van der Waals surface area contributed by atoms with Crippen molar-refractivity contribution in [2.24, 2.45) is 0 Å². The van der Waals surface area contributed by atoms with Crippen LogP contribution in [0, 0.1) is 0 Å². The molecule has 1 fully saturated rings. The lowest BCUT2D eigenvalue weighted by Crippen LogP contribution is -2.49. The van der Waals surface area contributed by atoms with Crippen LogP contribution >= 0.6 is 0 Å². The molecule has 0 radical (unpaired) electrons. The number of nitrogens with zero attached hydrogens (tertiary/aromatic N) is 2. The van der Waals surface area contributed by atoms with Crippen LogP contribution in [0.15, 0.2) is 48.5 Å². The topological polar surface area (TPSA) is 32.8 Å². The van der Waals surface area contributed by atoms with E-state index in [1.165, 1.54) is 11.1 Å². The Kier molecular flexibility index (Phi) is 4.68. The van der Waals surface area contributed by atoms with Gasteiger partial charge in [-0.2, -0.15) is 0 Å². The third-order valence-electron chi connectivity index (χ3n) is 5.40. The Morgan fingerprint density at radius 2 is 1.96 bits per heavy atom. The van der Waals surface area contributed by atoms with Gasteiger partial charge in [-0.15, -0.1) is 0 Å². The molecule has 4 heteroatoms. The van der Waals surface area contributed by atoms with E-state index in [4.69, 9.17) is 4.74 Å². The van der Waals surface area contributed by atoms with Crippen molar-refractivity contribution in [1.82, 2.24) is 9.80 Å². The van der Waals surface area contributed by atoms with Gasteiger partial charge in [0.05, 0.1) is 12.5 Å². The Balaban J connectivity index is 1.52. The van der Waals surface area contributed by atoms with E-state index in [-0.39, 0.29) is 18.1 Å². The van der Waals surface area contributed by atoms with Crippen LogP contribution in [0.5, 0.6) is 5.75 Å². The van der Waals surface area contributed by atoms with Crippen molar-refractivity contribution in [2.45, 2.75) is 31.9 Å². The molecule has 136 valence electrons. The van der Waals surface area contributed by atoms with E-state index >= 15 is 0 Å². The summed E-state index contributed by atoms with van der Waals surface area (Å²) < 4.78 is 5.77. The van der Waals surface area contributed by atoms with E-state index in [1.807, 2.05) is 30.3 Å². The summed E-state index contributed by atoms with van der Waals surface area (Å²) in [4.78, 5) is 17.5. The SMILES string of the molecule is C[C@@H]1Cc2cc(CC(=O)N3CCN(C)C[C@@H]3c3ccccc3)ccc2O1. The van der Waals surface area contributed by atoms with Crippen LogP contribution in [0.3, 0.4) is 0 Å². The fourth-order valence-electron chi connectivity index (χ4n) is 4.04. The van der Waals surface area contributed by atoms with Crippen molar-refractivity contribution < 1.29 is 9.53 Å². The lowest BCUT2D eigenvalue weighted by Gasteiger charge is -2.40. The first-order valence-corrected chi connectivity index (χ1v) is 9.41. The number of fused-ring (bicyclic) bond motifs is 1. The van der Waals surface area contributed by atoms with Gasteiger partial charge in [0.25, 0.3) is 0 Å². The molecule has 0 spiro atoms. The standard InChI is InChI=1S/C22H26N2O2/c1-16-12-19-13-17(8-9-21(19)26-16)14-22(25)24-11-10-23(2)15-20(24)18-6-4-3-5-7-18/h3-9,13,16,20H,10-12,14-15H2,1-2H3/t16-,20-/m1/s1. The number of amides is 1. The summed E-state index contributed by atoms with van der Waals surface area (Å²) in [5.74, 6) is 1.18. The molecule has 2 atom stereocenters. The largest absolute Gasteiger partial charge is 0.490 e. The number of piperazine rings is 1. The van der Waals surface area contributed by atoms with Crippen molar-refractivity contribution in [1.29, 1.82) is 0 Å². The highest BCUT2D eigenvalue weighted by atomic mass is 16.5. The van der Waals surface area contributed by atoms with Crippen LogP contribution in [0.1, 0.15) is 29.7 Å². The van der Waals surface area contributed by atoms with E-state index in [9.17, 15) is 4.79 Å². The normalized spacial score (nSPS) is 22.8. The van der Waals surface area contributed by atoms with Gasteiger partial charge in [-0.25, -0.2) is 0 Å². The molecule has 0 aliphatic carbocycles. The highest BCUT2D eigenvalue weighted by molar-refractivity contribution is 5.79. The number of hydrogen-bond donors (Lipinski definition) is 0. The summed E-state index contributed by atoms with van der Waals surface area (Å²) in [5, 5.41) is 0. The molecular weight excluding hydrogens is 324 g/mol. The third-order valence-corrected chi connectivity index (χ3v) is 5.40. The molecule has 0 N–H and O–H groups in total. The van der Waals surface area contributed by atoms with Gasteiger partial charge in [0.15, 0.2) is 0 Å². The third kappa shape index (κ3) is 3.47. The number of ether oxygens (including phenoxy) is 1. The fraction of sp³-hybridized carbons (Fsp3) is 0.409. The molecule has 0 aromatic heterocycles. The number of carbonyl (C=O) groups is 1. The maximum absolute atomic E-state index is 13.1. The van der Waals surface area contributed by atoms with Gasteiger partial charge >= 0.3 is 0 Å². The van der Waals surface area contributed by atoms with Gasteiger partial charge in [0, 0.05) is 26.1 Å². The summed E-state index contributed by atoms with van der Waals surface area (Å²) in [6.07, 6.45) is 1.61. The summed E-state index contributed by atoms with van der Waals surface area (Å²) in [7, 11) is 2.12. The van der Waals surface area contributed by atoms with Crippen molar-refractivity contribution in [3.8, 4) is 5.75 Å². The average molecular weight is 350 g/mol. The molecular formula is C22H26N2O2.